The number of aliphatic hydroxyl groups is 1. The summed E-state index contributed by atoms with van der Waals surface area (Å²) in [4.78, 5) is 1.52. The van der Waals surface area contributed by atoms with Gasteiger partial charge in [-0.1, -0.05) is 13.0 Å². The molecule has 0 aliphatic carbocycles. The Hall–Kier alpha value is -1.06. The van der Waals surface area contributed by atoms with Gasteiger partial charge in [-0.05, 0) is 62.3 Å². The van der Waals surface area contributed by atoms with Crippen molar-refractivity contribution < 1.29 is 14.7 Å². The van der Waals surface area contributed by atoms with E-state index in [9.17, 15) is 5.11 Å². The van der Waals surface area contributed by atoms with Crippen molar-refractivity contribution in [1.82, 2.24) is 0 Å². The van der Waals surface area contributed by atoms with Gasteiger partial charge in [0, 0.05) is 0 Å². The maximum absolute atomic E-state index is 10.2. The van der Waals surface area contributed by atoms with Gasteiger partial charge in [0.15, 0.2) is 0 Å². The molecule has 3 nitrogen and oxygen atoms in total. The Labute approximate surface area is 128 Å². The van der Waals surface area contributed by atoms with Crippen LogP contribution in [0.3, 0.4) is 0 Å². The van der Waals surface area contributed by atoms with E-state index in [1.165, 1.54) is 47.5 Å². The molecule has 1 aliphatic heterocycles. The van der Waals surface area contributed by atoms with Crippen molar-refractivity contribution in [2.75, 3.05) is 26.2 Å². The molecule has 0 saturated carbocycles. The summed E-state index contributed by atoms with van der Waals surface area (Å²) in [6.45, 7) is 12.1. The number of hydrogen-bond donors (Lipinski definition) is 2. The van der Waals surface area contributed by atoms with Crippen LogP contribution in [0.2, 0.25) is 0 Å². The number of benzene rings is 1. The van der Waals surface area contributed by atoms with Crippen LogP contribution < -0.4 is 9.64 Å². The summed E-state index contributed by atoms with van der Waals surface area (Å²) >= 11 is 0. The lowest BCUT2D eigenvalue weighted by Crippen LogP contribution is -3.14. The van der Waals surface area contributed by atoms with Gasteiger partial charge in [0.25, 0.3) is 0 Å². The van der Waals surface area contributed by atoms with Gasteiger partial charge >= 0.3 is 0 Å². The van der Waals surface area contributed by atoms with Gasteiger partial charge in [0.1, 0.15) is 25.0 Å². The van der Waals surface area contributed by atoms with Gasteiger partial charge < -0.3 is 14.7 Å². The van der Waals surface area contributed by atoms with Crippen LogP contribution in [0.5, 0.6) is 5.75 Å². The zero-order valence-electron chi connectivity index (χ0n) is 13.9. The molecule has 0 unspecified atom stereocenters. The predicted octanol–water partition coefficient (Wildman–Crippen LogP) is 1.67. The maximum atomic E-state index is 10.2. The highest BCUT2D eigenvalue weighted by molar-refractivity contribution is 5.41. The van der Waals surface area contributed by atoms with Gasteiger partial charge in [0.05, 0.1) is 13.1 Å². The lowest BCUT2D eigenvalue weighted by molar-refractivity contribution is -0.909. The number of piperidine rings is 1. The highest BCUT2D eigenvalue weighted by Gasteiger charge is 2.22. The molecule has 0 amide bonds. The molecule has 2 N–H and O–H groups in total. The molecule has 0 radical (unpaired) electrons. The van der Waals surface area contributed by atoms with Crippen molar-refractivity contribution in [2.24, 2.45) is 5.92 Å². The molecule has 1 atom stereocenters. The van der Waals surface area contributed by atoms with Crippen LogP contribution in [0.1, 0.15) is 36.5 Å². The van der Waals surface area contributed by atoms with Crippen LogP contribution in [0.15, 0.2) is 12.1 Å². The number of aliphatic hydroxyl groups excluding tert-OH is 1. The number of ether oxygens (including phenoxy) is 1. The second-order valence-corrected chi connectivity index (χ2v) is 6.81. The number of quaternary nitrogens is 1. The Balaban J connectivity index is 1.82. The van der Waals surface area contributed by atoms with Gasteiger partial charge in [-0.2, -0.15) is 0 Å². The van der Waals surface area contributed by atoms with Crippen LogP contribution in [-0.4, -0.2) is 37.5 Å². The third kappa shape index (κ3) is 4.72. The Bertz CT molecular complexity index is 465. The molecular weight excluding hydrogens is 262 g/mol. The van der Waals surface area contributed by atoms with E-state index in [0.29, 0.717) is 6.61 Å². The molecule has 1 fully saturated rings. The summed E-state index contributed by atoms with van der Waals surface area (Å²) in [5, 5.41) is 10.2. The van der Waals surface area contributed by atoms with Crippen molar-refractivity contribution in [1.29, 1.82) is 0 Å². The molecule has 0 aromatic heterocycles. The first-order valence-electron chi connectivity index (χ1n) is 8.18. The van der Waals surface area contributed by atoms with Gasteiger partial charge in [-0.25, -0.2) is 0 Å². The fourth-order valence-electron chi connectivity index (χ4n) is 3.10. The lowest BCUT2D eigenvalue weighted by Gasteiger charge is -2.28. The molecule has 1 aromatic carbocycles. The van der Waals surface area contributed by atoms with E-state index in [4.69, 9.17) is 4.74 Å². The Kier molecular flexibility index (Phi) is 5.65. The SMILES string of the molecule is Cc1cc(C)c(C)c(OC[C@@H](O)C[NH+]2CCC(C)CC2)c1. The van der Waals surface area contributed by atoms with Gasteiger partial charge in [0.2, 0.25) is 0 Å². The van der Waals surface area contributed by atoms with Crippen LogP contribution in [0, 0.1) is 26.7 Å². The van der Waals surface area contributed by atoms with Crippen molar-refractivity contribution >= 4 is 0 Å². The standard InChI is InChI=1S/C18H29NO2/c1-13-5-7-19(8-6-13)11-17(20)12-21-18-10-14(2)9-15(3)16(18)4/h9-10,13,17,20H,5-8,11-12H2,1-4H3/p+1/t17-/m0/s1. The molecule has 2 rings (SSSR count). The Morgan fingerprint density at radius 1 is 1.24 bits per heavy atom. The van der Waals surface area contributed by atoms with E-state index in [2.05, 4.69) is 39.8 Å². The largest absolute Gasteiger partial charge is 0.490 e. The quantitative estimate of drug-likeness (QED) is 0.865. The minimum Gasteiger partial charge on any atom is -0.490 e. The Morgan fingerprint density at radius 3 is 2.57 bits per heavy atom. The predicted molar refractivity (Wildman–Crippen MR) is 86.1 cm³/mol. The molecule has 0 bridgehead atoms. The zero-order valence-corrected chi connectivity index (χ0v) is 13.9. The minimum absolute atomic E-state index is 0.381. The first-order chi connectivity index (χ1) is 9.95. The smallest absolute Gasteiger partial charge is 0.137 e. The number of nitrogens with one attached hydrogen (secondary N) is 1. The highest BCUT2D eigenvalue weighted by atomic mass is 16.5. The lowest BCUT2D eigenvalue weighted by atomic mass is 9.99. The zero-order chi connectivity index (χ0) is 15.4. The van der Waals surface area contributed by atoms with E-state index in [1.807, 2.05) is 0 Å². The number of likely N-dealkylation sites (tertiary alicyclic amines) is 1. The highest BCUT2D eigenvalue weighted by Crippen LogP contribution is 2.23. The molecule has 1 saturated heterocycles. The number of rotatable bonds is 5. The molecule has 21 heavy (non-hydrogen) atoms. The van der Waals surface area contributed by atoms with E-state index in [-0.39, 0.29) is 6.10 Å². The fraction of sp³-hybridized carbons (Fsp3) is 0.667. The summed E-state index contributed by atoms with van der Waals surface area (Å²) in [7, 11) is 0. The van der Waals surface area contributed by atoms with Gasteiger partial charge in [-0.15, -0.1) is 0 Å². The van der Waals surface area contributed by atoms with E-state index >= 15 is 0 Å². The summed E-state index contributed by atoms with van der Waals surface area (Å²) in [5.74, 6) is 1.76. The first-order valence-corrected chi connectivity index (χ1v) is 8.18. The maximum Gasteiger partial charge on any atom is 0.137 e. The van der Waals surface area contributed by atoms with Crippen LogP contribution in [-0.2, 0) is 0 Å². The molecular formula is C18H30NO2+. The average molecular weight is 292 g/mol. The number of aryl methyl sites for hydroxylation is 2. The average Bonchev–Trinajstić information content (AvgIpc) is 2.44. The van der Waals surface area contributed by atoms with Crippen molar-refractivity contribution in [3.05, 3.63) is 28.8 Å². The summed E-state index contributed by atoms with van der Waals surface area (Å²) in [6, 6.07) is 4.22. The normalized spacial score (nSPS) is 23.9. The summed E-state index contributed by atoms with van der Waals surface area (Å²) in [6.07, 6.45) is 2.17. The Morgan fingerprint density at radius 2 is 1.90 bits per heavy atom. The fourth-order valence-corrected chi connectivity index (χ4v) is 3.10. The van der Waals surface area contributed by atoms with E-state index < -0.39 is 0 Å². The van der Waals surface area contributed by atoms with Crippen LogP contribution in [0.25, 0.3) is 0 Å². The van der Waals surface area contributed by atoms with E-state index in [1.54, 1.807) is 0 Å². The molecule has 0 spiro atoms. The minimum atomic E-state index is -0.381. The summed E-state index contributed by atoms with van der Waals surface area (Å²) in [5.41, 5.74) is 3.63. The van der Waals surface area contributed by atoms with Crippen molar-refractivity contribution in [2.45, 2.75) is 46.6 Å². The second kappa shape index (κ2) is 7.28. The third-order valence-electron chi connectivity index (χ3n) is 4.70. The van der Waals surface area contributed by atoms with E-state index in [0.717, 1.165) is 18.2 Å². The first kappa shape index (κ1) is 16.3. The monoisotopic (exact) mass is 292 g/mol. The molecule has 1 aliphatic rings. The van der Waals surface area contributed by atoms with Gasteiger partial charge in [-0.3, -0.25) is 0 Å². The molecule has 3 heteroatoms. The number of hydrogen-bond acceptors (Lipinski definition) is 2. The molecule has 118 valence electrons. The second-order valence-electron chi connectivity index (χ2n) is 6.81. The topological polar surface area (TPSA) is 33.9 Å². The van der Waals surface area contributed by atoms with Crippen LogP contribution >= 0.6 is 0 Å². The third-order valence-corrected chi connectivity index (χ3v) is 4.70. The van der Waals surface area contributed by atoms with Crippen molar-refractivity contribution in [3.8, 4) is 5.75 Å². The molecule has 1 heterocycles. The van der Waals surface area contributed by atoms with Crippen molar-refractivity contribution in [3.63, 3.8) is 0 Å². The molecule has 1 aromatic rings. The van der Waals surface area contributed by atoms with Crippen LogP contribution in [0.4, 0.5) is 0 Å². The summed E-state index contributed by atoms with van der Waals surface area (Å²) < 4.78 is 5.86.